The van der Waals surface area contributed by atoms with E-state index in [-0.39, 0.29) is 42.5 Å². The lowest BCUT2D eigenvalue weighted by molar-refractivity contribution is -0.130. The third-order valence-electron chi connectivity index (χ3n) is 9.39. The first kappa shape index (κ1) is 38.2. The third-order valence-corrected chi connectivity index (χ3v) is 9.39. The van der Waals surface area contributed by atoms with E-state index in [0.717, 1.165) is 67.6 Å². The van der Waals surface area contributed by atoms with Crippen molar-refractivity contribution < 1.29 is 14.4 Å². The summed E-state index contributed by atoms with van der Waals surface area (Å²) in [7, 11) is 0. The molecule has 1 heterocycles. The number of nitrogens with two attached hydrogens (primary N) is 1. The number of carbonyl (C=O) groups is 3. The average Bonchev–Trinajstić information content (AvgIpc) is 3.69. The molecular formula is C37H48ClN9O3. The Morgan fingerprint density at radius 1 is 0.920 bits per heavy atom. The van der Waals surface area contributed by atoms with Gasteiger partial charge in [-0.1, -0.05) is 50.2 Å². The number of benzene rings is 3. The fourth-order valence-electron chi connectivity index (χ4n) is 6.30. The molecule has 5 rings (SSSR count). The lowest BCUT2D eigenvalue weighted by Crippen LogP contribution is -2.48. The van der Waals surface area contributed by atoms with Gasteiger partial charge < -0.3 is 26.6 Å². The molecule has 1 fully saturated rings. The van der Waals surface area contributed by atoms with Crippen LogP contribution in [0, 0.1) is 11.8 Å². The molecule has 1 aliphatic rings. The molecule has 13 heteroatoms. The molecule has 12 nitrogen and oxygen atoms in total. The molecule has 6 N–H and O–H groups in total. The minimum Gasteiger partial charge on any atom is -0.351 e. The zero-order valence-corrected chi connectivity index (χ0v) is 29.5. The molecule has 0 spiro atoms. The first-order valence-electron chi connectivity index (χ1n) is 17.2. The molecule has 0 bridgehead atoms. The zero-order chi connectivity index (χ0) is 34.6. The van der Waals surface area contributed by atoms with Crippen LogP contribution >= 0.6 is 12.4 Å². The molecule has 1 aliphatic carbocycles. The molecule has 1 saturated carbocycles. The number of amides is 3. The van der Waals surface area contributed by atoms with Crippen molar-refractivity contribution in [3.8, 4) is 22.5 Å². The summed E-state index contributed by atoms with van der Waals surface area (Å²) in [6, 6.07) is 21.8. The number of anilines is 1. The van der Waals surface area contributed by atoms with Crippen molar-refractivity contribution in [2.45, 2.75) is 52.0 Å². The number of hydrogen-bond acceptors (Lipinski definition) is 8. The van der Waals surface area contributed by atoms with E-state index in [9.17, 15) is 14.4 Å². The molecule has 1 atom stereocenters. The predicted octanol–water partition coefficient (Wildman–Crippen LogP) is 4.46. The Labute approximate surface area is 299 Å². The number of rotatable bonds is 15. The predicted molar refractivity (Wildman–Crippen MR) is 198 cm³/mol. The van der Waals surface area contributed by atoms with Crippen molar-refractivity contribution in [3.05, 3.63) is 83.9 Å². The van der Waals surface area contributed by atoms with Gasteiger partial charge in [0.05, 0.1) is 0 Å². The van der Waals surface area contributed by atoms with Crippen LogP contribution in [0.2, 0.25) is 0 Å². The SMILES string of the molecule is CCN(CC)CCNC(=O)c1cccc(-c2cccc(C[C@H](NC(=O)[C@H]3CC[C@H](CN)CC3)C(=O)Nc3ccc(-c4nnn[nH]4)cc3)c2)c1.Cl. The lowest BCUT2D eigenvalue weighted by Gasteiger charge is -2.28. The molecule has 0 saturated heterocycles. The van der Waals surface area contributed by atoms with Gasteiger partial charge in [0, 0.05) is 42.2 Å². The quantitative estimate of drug-likeness (QED) is 0.121. The van der Waals surface area contributed by atoms with Crippen LogP contribution in [0.1, 0.15) is 55.5 Å². The highest BCUT2D eigenvalue weighted by molar-refractivity contribution is 5.98. The monoisotopic (exact) mass is 701 g/mol. The minimum atomic E-state index is -0.809. The Bertz CT molecular complexity index is 1670. The summed E-state index contributed by atoms with van der Waals surface area (Å²) >= 11 is 0. The fraction of sp³-hybridized carbons (Fsp3) is 0.405. The maximum absolute atomic E-state index is 13.8. The molecule has 266 valence electrons. The Morgan fingerprint density at radius 3 is 2.28 bits per heavy atom. The number of nitrogens with zero attached hydrogens (tertiary/aromatic N) is 4. The fourth-order valence-corrected chi connectivity index (χ4v) is 6.30. The van der Waals surface area contributed by atoms with Gasteiger partial charge in [-0.3, -0.25) is 14.4 Å². The topological polar surface area (TPSA) is 171 Å². The lowest BCUT2D eigenvalue weighted by atomic mass is 9.81. The molecule has 0 unspecified atom stereocenters. The number of tetrazole rings is 1. The second-order valence-electron chi connectivity index (χ2n) is 12.6. The van der Waals surface area contributed by atoms with E-state index in [1.165, 1.54) is 0 Å². The average molecular weight is 702 g/mol. The highest BCUT2D eigenvalue weighted by atomic mass is 35.5. The molecule has 4 aromatic rings. The van der Waals surface area contributed by atoms with Gasteiger partial charge in [0.15, 0.2) is 5.82 Å². The van der Waals surface area contributed by atoms with E-state index in [2.05, 4.69) is 55.3 Å². The smallest absolute Gasteiger partial charge is 0.251 e. The van der Waals surface area contributed by atoms with Crippen LogP contribution in [0.5, 0.6) is 0 Å². The number of hydrogen-bond donors (Lipinski definition) is 5. The van der Waals surface area contributed by atoms with Gasteiger partial charge in [-0.05, 0) is 115 Å². The molecule has 1 aromatic heterocycles. The van der Waals surface area contributed by atoms with Crippen LogP contribution in [0.4, 0.5) is 5.69 Å². The highest BCUT2D eigenvalue weighted by Crippen LogP contribution is 2.29. The molecule has 3 amide bonds. The van der Waals surface area contributed by atoms with Crippen LogP contribution in [0.25, 0.3) is 22.5 Å². The van der Waals surface area contributed by atoms with Crippen LogP contribution in [-0.2, 0) is 16.0 Å². The second-order valence-corrected chi connectivity index (χ2v) is 12.6. The number of likely N-dealkylation sites (N-methyl/N-ethyl adjacent to an activating group) is 1. The maximum atomic E-state index is 13.8. The van der Waals surface area contributed by atoms with Crippen molar-refractivity contribution in [1.29, 1.82) is 0 Å². The summed E-state index contributed by atoms with van der Waals surface area (Å²) in [5.41, 5.74) is 10.5. The first-order chi connectivity index (χ1) is 23.9. The zero-order valence-electron chi connectivity index (χ0n) is 28.7. The number of halogens is 1. The summed E-state index contributed by atoms with van der Waals surface area (Å²) < 4.78 is 0. The highest BCUT2D eigenvalue weighted by Gasteiger charge is 2.29. The summed E-state index contributed by atoms with van der Waals surface area (Å²) in [5.74, 6) is 0.273. The minimum absolute atomic E-state index is 0. The van der Waals surface area contributed by atoms with Crippen LogP contribution < -0.4 is 21.7 Å². The summed E-state index contributed by atoms with van der Waals surface area (Å²) in [6.07, 6.45) is 3.63. The van der Waals surface area contributed by atoms with Gasteiger partial charge in [-0.2, -0.15) is 0 Å². The van der Waals surface area contributed by atoms with Crippen molar-refractivity contribution in [3.63, 3.8) is 0 Å². The largest absolute Gasteiger partial charge is 0.351 e. The van der Waals surface area contributed by atoms with E-state index >= 15 is 0 Å². The van der Waals surface area contributed by atoms with Gasteiger partial charge in [0.25, 0.3) is 5.91 Å². The van der Waals surface area contributed by atoms with E-state index in [1.54, 1.807) is 12.1 Å². The standard InChI is InChI=1S/C37H47N9O3.ClH/c1-3-46(4-2)20-19-39-35(47)31-10-6-9-30(23-31)29-8-5-7-26(21-29)22-33(41-36(48)28-13-11-25(24-38)12-14-28)37(49)40-32-17-15-27(16-18-32)34-42-44-45-43-34;/h5-10,15-18,21,23,25,28,33H,3-4,11-14,19-20,22,24,38H2,1-2H3,(H,39,47)(H,40,49)(H,41,48)(H,42,43,44,45);1H/t25-,28-,33-;/m0./s1. The number of carbonyl (C=O) groups excluding carboxylic acids is 3. The van der Waals surface area contributed by atoms with E-state index in [4.69, 9.17) is 5.73 Å². The van der Waals surface area contributed by atoms with E-state index in [1.807, 2.05) is 60.7 Å². The first-order valence-corrected chi connectivity index (χ1v) is 17.2. The van der Waals surface area contributed by atoms with Crippen LogP contribution in [0.3, 0.4) is 0 Å². The normalized spacial score (nSPS) is 16.2. The van der Waals surface area contributed by atoms with Gasteiger partial charge in [-0.15, -0.1) is 17.5 Å². The number of nitrogens with one attached hydrogen (secondary N) is 4. The van der Waals surface area contributed by atoms with Gasteiger partial charge in [0.2, 0.25) is 11.8 Å². The van der Waals surface area contributed by atoms with Crippen LogP contribution in [-0.4, -0.2) is 82.0 Å². The van der Waals surface area contributed by atoms with Crippen molar-refractivity contribution >= 4 is 35.8 Å². The Balaban J connectivity index is 0.00000562. The summed E-state index contributed by atoms with van der Waals surface area (Å²) in [4.78, 5) is 42.4. The molecular weight excluding hydrogens is 654 g/mol. The van der Waals surface area contributed by atoms with E-state index < -0.39 is 6.04 Å². The Morgan fingerprint density at radius 2 is 1.62 bits per heavy atom. The number of aromatic nitrogens is 4. The molecule has 0 aliphatic heterocycles. The number of aromatic amines is 1. The van der Waals surface area contributed by atoms with Crippen molar-refractivity contribution in [1.82, 2.24) is 36.2 Å². The molecule has 0 radical (unpaired) electrons. The van der Waals surface area contributed by atoms with Gasteiger partial charge in [0.1, 0.15) is 6.04 Å². The Kier molecular flexibility index (Phi) is 14.4. The molecule has 50 heavy (non-hydrogen) atoms. The maximum Gasteiger partial charge on any atom is 0.251 e. The van der Waals surface area contributed by atoms with Gasteiger partial charge >= 0.3 is 0 Å². The van der Waals surface area contributed by atoms with Gasteiger partial charge in [-0.25, -0.2) is 5.10 Å². The summed E-state index contributed by atoms with van der Waals surface area (Å²) in [5, 5.41) is 22.9. The molecule has 3 aromatic carbocycles. The van der Waals surface area contributed by atoms with Crippen molar-refractivity contribution in [2.24, 2.45) is 17.6 Å². The van der Waals surface area contributed by atoms with Crippen molar-refractivity contribution in [2.75, 3.05) is 38.0 Å². The Hall–Kier alpha value is -4.65. The van der Waals surface area contributed by atoms with E-state index in [0.29, 0.717) is 36.1 Å². The number of H-pyrrole nitrogens is 1. The van der Waals surface area contributed by atoms with Crippen LogP contribution in [0.15, 0.2) is 72.8 Å². The summed E-state index contributed by atoms with van der Waals surface area (Å²) in [6.45, 7) is 8.10. The third kappa shape index (κ3) is 10.4. The second kappa shape index (κ2) is 18.9.